The molecule has 1 atom stereocenters. The molecule has 1 saturated heterocycles. The first-order chi connectivity index (χ1) is 11.2. The van der Waals surface area contributed by atoms with Gasteiger partial charge in [-0.05, 0) is 37.5 Å². The van der Waals surface area contributed by atoms with E-state index in [1.54, 1.807) is 0 Å². The Bertz CT molecular complexity index is 743. The molecule has 1 fully saturated rings. The van der Waals surface area contributed by atoms with Crippen LogP contribution in [0.3, 0.4) is 0 Å². The number of anilines is 1. The van der Waals surface area contributed by atoms with Gasteiger partial charge in [-0.1, -0.05) is 12.1 Å². The minimum absolute atomic E-state index is 0.00874. The summed E-state index contributed by atoms with van der Waals surface area (Å²) in [7, 11) is -3.07. The zero-order chi connectivity index (χ0) is 17.9. The molecule has 1 aliphatic rings. The summed E-state index contributed by atoms with van der Waals surface area (Å²) in [6.45, 7) is 5.55. The molecule has 1 aromatic rings. The Morgan fingerprint density at radius 2 is 2.00 bits per heavy atom. The molecule has 2 amide bonds. The van der Waals surface area contributed by atoms with Gasteiger partial charge >= 0.3 is 0 Å². The van der Waals surface area contributed by atoms with Crippen LogP contribution in [0.25, 0.3) is 0 Å². The van der Waals surface area contributed by atoms with Gasteiger partial charge in [-0.3, -0.25) is 9.59 Å². The third-order valence-electron chi connectivity index (χ3n) is 4.51. The molecule has 1 heterocycles. The van der Waals surface area contributed by atoms with Crippen LogP contribution in [0.4, 0.5) is 5.69 Å². The van der Waals surface area contributed by atoms with Crippen LogP contribution in [0, 0.1) is 13.8 Å². The molecule has 1 N–H and O–H groups in total. The van der Waals surface area contributed by atoms with E-state index in [4.69, 9.17) is 0 Å². The number of carbonyl (C=O) groups is 2. The number of aryl methyl sites for hydroxylation is 1. The number of carbonyl (C=O) groups excluding carboxylic acids is 2. The van der Waals surface area contributed by atoms with Gasteiger partial charge in [-0.15, -0.1) is 0 Å². The van der Waals surface area contributed by atoms with Crippen molar-refractivity contribution in [1.82, 2.24) is 4.90 Å². The maximum Gasteiger partial charge on any atom is 0.226 e. The van der Waals surface area contributed by atoms with E-state index in [1.807, 2.05) is 32.0 Å². The van der Waals surface area contributed by atoms with Crippen LogP contribution in [-0.2, 0) is 19.4 Å². The molecule has 1 aliphatic heterocycles. The van der Waals surface area contributed by atoms with E-state index < -0.39 is 9.84 Å². The second kappa shape index (κ2) is 7.34. The minimum Gasteiger partial charge on any atom is -0.338 e. The molecule has 0 saturated carbocycles. The summed E-state index contributed by atoms with van der Waals surface area (Å²) in [6.07, 6.45) is 0.587. The van der Waals surface area contributed by atoms with Crippen molar-refractivity contribution in [3.63, 3.8) is 0 Å². The summed E-state index contributed by atoms with van der Waals surface area (Å²) >= 11 is 0. The average Bonchev–Trinajstić information content (AvgIpc) is 2.84. The van der Waals surface area contributed by atoms with E-state index in [2.05, 4.69) is 5.32 Å². The monoisotopic (exact) mass is 352 g/mol. The predicted octanol–water partition coefficient (Wildman–Crippen LogP) is 1.67. The number of nitrogens with one attached hydrogen (secondary N) is 1. The minimum atomic E-state index is -3.07. The highest BCUT2D eigenvalue weighted by Crippen LogP contribution is 2.20. The second-order valence-electron chi connectivity index (χ2n) is 6.31. The van der Waals surface area contributed by atoms with Crippen LogP contribution in [0.2, 0.25) is 0 Å². The fourth-order valence-corrected chi connectivity index (χ4v) is 4.67. The van der Waals surface area contributed by atoms with Gasteiger partial charge in [0.05, 0.1) is 11.5 Å². The molecule has 1 unspecified atom stereocenters. The Morgan fingerprint density at radius 3 is 2.58 bits per heavy atom. The molecular weight excluding hydrogens is 328 g/mol. The van der Waals surface area contributed by atoms with E-state index >= 15 is 0 Å². The van der Waals surface area contributed by atoms with E-state index in [9.17, 15) is 18.0 Å². The maximum atomic E-state index is 12.2. The Labute approximate surface area is 143 Å². The number of nitrogens with zero attached hydrogens (tertiary/aromatic N) is 1. The van der Waals surface area contributed by atoms with Crippen molar-refractivity contribution in [1.29, 1.82) is 0 Å². The number of benzene rings is 1. The summed E-state index contributed by atoms with van der Waals surface area (Å²) in [5.74, 6) is -0.283. The first-order valence-electron chi connectivity index (χ1n) is 8.03. The zero-order valence-corrected chi connectivity index (χ0v) is 15.1. The molecule has 24 heavy (non-hydrogen) atoms. The Balaban J connectivity index is 1.96. The van der Waals surface area contributed by atoms with Crippen molar-refractivity contribution in [2.24, 2.45) is 0 Å². The molecule has 0 aromatic heterocycles. The number of rotatable bonds is 5. The summed E-state index contributed by atoms with van der Waals surface area (Å²) in [5, 5.41) is 2.86. The quantitative estimate of drug-likeness (QED) is 0.874. The average molecular weight is 352 g/mol. The number of amides is 2. The fourth-order valence-electron chi connectivity index (χ4n) is 2.94. The van der Waals surface area contributed by atoms with Crippen LogP contribution in [0.5, 0.6) is 0 Å². The lowest BCUT2D eigenvalue weighted by atomic mass is 10.1. The van der Waals surface area contributed by atoms with Gasteiger partial charge in [0.1, 0.15) is 0 Å². The first-order valence-corrected chi connectivity index (χ1v) is 9.85. The number of hydrogen-bond donors (Lipinski definition) is 1. The second-order valence-corrected chi connectivity index (χ2v) is 8.54. The van der Waals surface area contributed by atoms with E-state index in [1.165, 1.54) is 11.8 Å². The lowest BCUT2D eigenvalue weighted by Crippen LogP contribution is -2.41. The van der Waals surface area contributed by atoms with Gasteiger partial charge < -0.3 is 10.2 Å². The molecular formula is C17H24N2O4S. The third-order valence-corrected chi connectivity index (χ3v) is 6.26. The molecule has 132 valence electrons. The van der Waals surface area contributed by atoms with Crippen molar-refractivity contribution in [3.8, 4) is 0 Å². The molecule has 7 heteroatoms. The summed E-state index contributed by atoms with van der Waals surface area (Å²) in [5.41, 5.74) is 2.86. The smallest absolute Gasteiger partial charge is 0.226 e. The van der Waals surface area contributed by atoms with Crippen LogP contribution >= 0.6 is 0 Å². The molecule has 0 radical (unpaired) electrons. The van der Waals surface area contributed by atoms with Crippen molar-refractivity contribution < 1.29 is 18.0 Å². The summed E-state index contributed by atoms with van der Waals surface area (Å²) in [4.78, 5) is 25.5. The highest BCUT2D eigenvalue weighted by atomic mass is 32.2. The van der Waals surface area contributed by atoms with Gasteiger partial charge in [0.2, 0.25) is 11.8 Å². The van der Waals surface area contributed by atoms with E-state index in [-0.39, 0.29) is 42.3 Å². The van der Waals surface area contributed by atoms with Gasteiger partial charge in [-0.25, -0.2) is 8.42 Å². The highest BCUT2D eigenvalue weighted by molar-refractivity contribution is 7.91. The molecule has 2 rings (SSSR count). The molecule has 6 nitrogen and oxygen atoms in total. The topological polar surface area (TPSA) is 83.6 Å². The van der Waals surface area contributed by atoms with E-state index in [0.717, 1.165) is 16.8 Å². The highest BCUT2D eigenvalue weighted by Gasteiger charge is 2.33. The third kappa shape index (κ3) is 4.56. The maximum absolute atomic E-state index is 12.2. The van der Waals surface area contributed by atoms with Crippen LogP contribution in [0.1, 0.15) is 30.9 Å². The molecule has 0 aliphatic carbocycles. The zero-order valence-electron chi connectivity index (χ0n) is 14.3. The number of hydrogen-bond acceptors (Lipinski definition) is 4. The van der Waals surface area contributed by atoms with Crippen molar-refractivity contribution in [3.05, 3.63) is 29.3 Å². The lowest BCUT2D eigenvalue weighted by Gasteiger charge is -2.26. The van der Waals surface area contributed by atoms with Gasteiger partial charge in [0.15, 0.2) is 9.84 Å². The summed E-state index contributed by atoms with van der Waals surface area (Å²) < 4.78 is 23.2. The Kier molecular flexibility index (Phi) is 5.64. The standard InChI is InChI=1S/C17H24N2O4S/c1-12-5-4-6-16(13(12)2)18-17(21)7-9-19(14(3)20)15-8-10-24(22,23)11-15/h4-6,15H,7-11H2,1-3H3,(H,18,21). The van der Waals surface area contributed by atoms with Crippen LogP contribution in [0.15, 0.2) is 18.2 Å². The summed E-state index contributed by atoms with van der Waals surface area (Å²) in [6, 6.07) is 5.37. The molecule has 0 bridgehead atoms. The van der Waals surface area contributed by atoms with E-state index in [0.29, 0.717) is 6.42 Å². The Hall–Kier alpha value is -1.89. The van der Waals surface area contributed by atoms with Crippen molar-refractivity contribution in [2.75, 3.05) is 23.4 Å². The lowest BCUT2D eigenvalue weighted by molar-refractivity contribution is -0.131. The van der Waals surface area contributed by atoms with Gasteiger partial charge in [-0.2, -0.15) is 0 Å². The van der Waals surface area contributed by atoms with Crippen LogP contribution in [-0.4, -0.2) is 49.2 Å². The van der Waals surface area contributed by atoms with Gasteiger partial charge in [0.25, 0.3) is 0 Å². The number of sulfone groups is 1. The normalized spacial score (nSPS) is 19.0. The molecule has 1 aromatic carbocycles. The SMILES string of the molecule is CC(=O)N(CCC(=O)Nc1cccc(C)c1C)C1CCS(=O)(=O)C1. The Morgan fingerprint density at radius 1 is 1.29 bits per heavy atom. The predicted molar refractivity (Wildman–Crippen MR) is 93.6 cm³/mol. The first kappa shape index (κ1) is 18.4. The van der Waals surface area contributed by atoms with Crippen molar-refractivity contribution >= 4 is 27.3 Å². The van der Waals surface area contributed by atoms with Gasteiger partial charge in [0, 0.05) is 31.6 Å². The largest absolute Gasteiger partial charge is 0.338 e. The molecule has 0 spiro atoms. The fraction of sp³-hybridized carbons (Fsp3) is 0.529. The van der Waals surface area contributed by atoms with Crippen molar-refractivity contribution in [2.45, 2.75) is 39.7 Å². The van der Waals surface area contributed by atoms with Crippen LogP contribution < -0.4 is 5.32 Å².